The molecule has 0 saturated carbocycles. The Morgan fingerprint density at radius 2 is 1.87 bits per heavy atom. The fraction of sp³-hybridized carbons (Fsp3) is 0.778. The number of unbranched alkanes of at least 4 members (excludes halogenated alkanes) is 3. The van der Waals surface area contributed by atoms with Crippen LogP contribution in [0.2, 0.25) is 0 Å². The molecule has 0 amide bonds. The van der Waals surface area contributed by atoms with Crippen LogP contribution in [-0.4, -0.2) is 15.7 Å². The van der Waals surface area contributed by atoms with Gasteiger partial charge in [-0.1, -0.05) is 50.1 Å². The van der Waals surface area contributed by atoms with Crippen molar-refractivity contribution < 1.29 is 0 Å². The van der Waals surface area contributed by atoms with Gasteiger partial charge in [0, 0.05) is 6.54 Å². The number of thiocarbonyl (C=S) groups is 2. The maximum absolute atomic E-state index is 5.11. The second kappa shape index (κ2) is 11.1. The third kappa shape index (κ3) is 12.6. The summed E-state index contributed by atoms with van der Waals surface area (Å²) in [6.45, 7) is 2.90. The van der Waals surface area contributed by atoms with E-state index in [0.717, 1.165) is 28.6 Å². The van der Waals surface area contributed by atoms with Gasteiger partial charge >= 0.3 is 0 Å². The number of thiol groups is 1. The smallest absolute Gasteiger partial charge is 0.0721 e. The summed E-state index contributed by atoms with van der Waals surface area (Å²) in [4.78, 5) is 0.882. The van der Waals surface area contributed by atoms with Crippen molar-refractivity contribution in [3.8, 4) is 0 Å². The lowest BCUT2D eigenvalue weighted by molar-refractivity contribution is 0.645. The minimum Gasteiger partial charge on any atom is -0.380 e. The molecule has 0 aliphatic heterocycles. The maximum atomic E-state index is 5.11. The summed E-state index contributed by atoms with van der Waals surface area (Å²) in [5, 5.41) is 3.15. The van der Waals surface area contributed by atoms with Gasteiger partial charge in [-0.3, -0.25) is 0 Å². The summed E-state index contributed by atoms with van der Waals surface area (Å²) >= 11 is 15.3. The molecule has 15 heavy (non-hydrogen) atoms. The van der Waals surface area contributed by atoms with Crippen molar-refractivity contribution in [2.75, 3.05) is 6.54 Å². The van der Waals surface area contributed by atoms with Crippen molar-refractivity contribution in [3.05, 3.63) is 0 Å². The highest BCUT2D eigenvalue weighted by Crippen LogP contribution is 2.10. The zero-order chi connectivity index (χ0) is 11.5. The van der Waals surface area contributed by atoms with Crippen LogP contribution in [0, 0.1) is 0 Å². The topological polar surface area (TPSA) is 24.1 Å². The van der Waals surface area contributed by atoms with Gasteiger partial charge in [0.2, 0.25) is 0 Å². The van der Waals surface area contributed by atoms with Gasteiger partial charge in [-0.25, -0.2) is 4.13 Å². The zero-order valence-electron chi connectivity index (χ0n) is 8.91. The van der Waals surface area contributed by atoms with Crippen LogP contribution in [0.5, 0.6) is 0 Å². The quantitative estimate of drug-likeness (QED) is 0.275. The maximum Gasteiger partial charge on any atom is 0.0721 e. The molecule has 0 aromatic rings. The van der Waals surface area contributed by atoms with Crippen LogP contribution < -0.4 is 9.44 Å². The molecule has 0 atom stereocenters. The van der Waals surface area contributed by atoms with Crippen LogP contribution in [0.25, 0.3) is 0 Å². The molecule has 0 heterocycles. The minimum absolute atomic E-state index is 0.882. The third-order valence-corrected chi connectivity index (χ3v) is 3.24. The zero-order valence-corrected chi connectivity index (χ0v) is 12.3. The monoisotopic (exact) mass is 282 g/mol. The number of hydrogen-bond donors (Lipinski definition) is 3. The van der Waals surface area contributed by atoms with Crippen LogP contribution in [0.4, 0.5) is 0 Å². The molecule has 88 valence electrons. The Balaban J connectivity index is 3.11. The van der Waals surface area contributed by atoms with Gasteiger partial charge in [0.25, 0.3) is 0 Å². The summed E-state index contributed by atoms with van der Waals surface area (Å²) in [6, 6.07) is 0. The van der Waals surface area contributed by atoms with Gasteiger partial charge in [-0.2, -0.15) is 0 Å². The van der Waals surface area contributed by atoms with Crippen LogP contribution in [-0.2, 0) is 0 Å². The Morgan fingerprint density at radius 3 is 2.47 bits per heavy atom. The van der Waals surface area contributed by atoms with Crippen LogP contribution in [0.3, 0.4) is 0 Å². The predicted octanol–water partition coefficient (Wildman–Crippen LogP) is 3.28. The standard InChI is InChI=1S/C9H18N2S4/c1-8(12)10-7-5-3-2-4-6-9(13)15-11-14/h11,14H,2-7H2,1H3,(H,10,12). The van der Waals surface area contributed by atoms with Gasteiger partial charge in [-0.15, -0.1) is 0 Å². The SMILES string of the molecule is CC(=S)NCCCCCCC(=S)SNS. The molecule has 0 spiro atoms. The Labute approximate surface area is 113 Å². The first-order chi connectivity index (χ1) is 7.16. The van der Waals surface area contributed by atoms with Crippen molar-refractivity contribution in [1.82, 2.24) is 9.44 Å². The fourth-order valence-electron chi connectivity index (χ4n) is 1.11. The van der Waals surface area contributed by atoms with Gasteiger partial charge < -0.3 is 5.32 Å². The normalized spacial score (nSPS) is 10.0. The Hall–Kier alpha value is 0.640. The van der Waals surface area contributed by atoms with Crippen molar-refractivity contribution in [3.63, 3.8) is 0 Å². The van der Waals surface area contributed by atoms with Crippen molar-refractivity contribution in [2.45, 2.75) is 39.0 Å². The number of hydrogen-bond acceptors (Lipinski definition) is 5. The van der Waals surface area contributed by atoms with Gasteiger partial charge in [0.05, 0.1) is 9.19 Å². The lowest BCUT2D eigenvalue weighted by atomic mass is 10.1. The molecular weight excluding hydrogens is 264 g/mol. The third-order valence-electron chi connectivity index (χ3n) is 1.84. The van der Waals surface area contributed by atoms with Crippen molar-refractivity contribution >= 4 is 58.4 Å². The highest BCUT2D eigenvalue weighted by Gasteiger charge is 1.96. The van der Waals surface area contributed by atoms with Crippen molar-refractivity contribution in [1.29, 1.82) is 0 Å². The Morgan fingerprint density at radius 1 is 1.20 bits per heavy atom. The van der Waals surface area contributed by atoms with Crippen LogP contribution >= 0.6 is 49.2 Å². The molecule has 0 saturated heterocycles. The van der Waals surface area contributed by atoms with E-state index in [4.69, 9.17) is 24.4 Å². The molecule has 0 aromatic carbocycles. The first-order valence-corrected chi connectivity index (χ1v) is 7.08. The highest BCUT2D eigenvalue weighted by atomic mass is 32.2. The summed E-state index contributed by atoms with van der Waals surface area (Å²) < 4.78 is 3.67. The van der Waals surface area contributed by atoms with E-state index in [1.807, 2.05) is 6.92 Å². The molecule has 2 N–H and O–H groups in total. The first kappa shape index (κ1) is 15.6. The molecule has 6 heteroatoms. The van der Waals surface area contributed by atoms with Crippen LogP contribution in [0.15, 0.2) is 0 Å². The molecule has 0 bridgehead atoms. The summed E-state index contributed by atoms with van der Waals surface area (Å²) in [5.41, 5.74) is 0. The van der Waals surface area contributed by atoms with E-state index in [0.29, 0.717) is 0 Å². The molecule has 2 nitrogen and oxygen atoms in total. The molecule has 0 unspecified atom stereocenters. The molecule has 0 fully saturated rings. The average Bonchev–Trinajstić information content (AvgIpc) is 2.16. The van der Waals surface area contributed by atoms with E-state index in [9.17, 15) is 0 Å². The minimum atomic E-state index is 0.882. The van der Waals surface area contributed by atoms with Gasteiger partial charge in [0.1, 0.15) is 0 Å². The Kier molecular flexibility index (Phi) is 11.6. The van der Waals surface area contributed by atoms with Crippen LogP contribution in [0.1, 0.15) is 39.0 Å². The molecular formula is C9H18N2S4. The predicted molar refractivity (Wildman–Crippen MR) is 81.7 cm³/mol. The summed E-state index contributed by atoms with van der Waals surface area (Å²) in [6.07, 6.45) is 5.80. The lowest BCUT2D eigenvalue weighted by Gasteiger charge is -2.04. The van der Waals surface area contributed by atoms with Gasteiger partial charge in [0.15, 0.2) is 0 Å². The second-order valence-electron chi connectivity index (χ2n) is 3.21. The van der Waals surface area contributed by atoms with Gasteiger partial charge in [-0.05, 0) is 38.1 Å². The molecule has 0 aliphatic carbocycles. The first-order valence-electron chi connectivity index (χ1n) is 5.00. The number of nitrogens with one attached hydrogen (secondary N) is 2. The molecule has 0 radical (unpaired) electrons. The Bertz CT molecular complexity index is 197. The summed E-state index contributed by atoms with van der Waals surface area (Å²) in [5.74, 6) is 0. The van der Waals surface area contributed by atoms with E-state index >= 15 is 0 Å². The van der Waals surface area contributed by atoms with E-state index in [2.05, 4.69) is 22.3 Å². The molecule has 0 aromatic heterocycles. The lowest BCUT2D eigenvalue weighted by Crippen LogP contribution is -2.18. The average molecular weight is 283 g/mol. The van der Waals surface area contributed by atoms with Crippen molar-refractivity contribution in [2.24, 2.45) is 0 Å². The van der Waals surface area contributed by atoms with E-state index < -0.39 is 0 Å². The number of rotatable bonds is 8. The molecule has 0 rings (SSSR count). The largest absolute Gasteiger partial charge is 0.380 e. The second-order valence-corrected chi connectivity index (χ2v) is 6.00. The fourth-order valence-corrected chi connectivity index (χ4v) is 2.35. The van der Waals surface area contributed by atoms with E-state index in [-0.39, 0.29) is 0 Å². The highest BCUT2D eigenvalue weighted by molar-refractivity contribution is 8.25. The van der Waals surface area contributed by atoms with E-state index in [1.165, 1.54) is 31.2 Å². The van der Waals surface area contributed by atoms with E-state index in [1.54, 1.807) is 0 Å². The summed E-state index contributed by atoms with van der Waals surface area (Å²) in [7, 11) is 0. The molecule has 0 aliphatic rings.